The number of anilines is 1. The first kappa shape index (κ1) is 17.7. The summed E-state index contributed by atoms with van der Waals surface area (Å²) in [6.45, 7) is 3.36. The van der Waals surface area contributed by atoms with Crippen molar-refractivity contribution in [1.82, 2.24) is 15.1 Å². The fraction of sp³-hybridized carbons (Fsp3) is 0.136. The molecule has 0 aliphatic rings. The highest BCUT2D eigenvalue weighted by Gasteiger charge is 2.24. The lowest BCUT2D eigenvalue weighted by molar-refractivity contribution is 0.112. The maximum absolute atomic E-state index is 10.6. The highest BCUT2D eigenvalue weighted by atomic mass is 16.5. The van der Waals surface area contributed by atoms with Crippen molar-refractivity contribution in [3.8, 4) is 23.0 Å². The van der Waals surface area contributed by atoms with Gasteiger partial charge in [0.1, 0.15) is 23.6 Å². The zero-order valence-electron chi connectivity index (χ0n) is 15.5. The SMILES string of the molecule is Cc1cc(C(C)(O)C#Cc2cccc(-c3ccc4ncnc(N)c4c3)c2)no1. The van der Waals surface area contributed by atoms with Gasteiger partial charge in [0.25, 0.3) is 0 Å². The third-order valence-electron chi connectivity index (χ3n) is 4.44. The van der Waals surface area contributed by atoms with Crippen molar-refractivity contribution in [2.75, 3.05) is 5.73 Å². The summed E-state index contributed by atoms with van der Waals surface area (Å²) in [6.07, 6.45) is 1.45. The lowest BCUT2D eigenvalue weighted by Crippen LogP contribution is -2.18. The Balaban J connectivity index is 1.69. The van der Waals surface area contributed by atoms with Crippen LogP contribution < -0.4 is 5.73 Å². The minimum absolute atomic E-state index is 0.388. The number of aryl methyl sites for hydroxylation is 1. The Kier molecular flexibility index (Phi) is 4.30. The molecule has 2 heterocycles. The van der Waals surface area contributed by atoms with Crippen LogP contribution in [0.5, 0.6) is 0 Å². The average Bonchev–Trinajstić information content (AvgIpc) is 3.14. The van der Waals surface area contributed by atoms with Crippen LogP contribution in [-0.2, 0) is 5.60 Å². The van der Waals surface area contributed by atoms with Gasteiger partial charge < -0.3 is 15.4 Å². The van der Waals surface area contributed by atoms with Gasteiger partial charge in [-0.05, 0) is 49.2 Å². The quantitative estimate of drug-likeness (QED) is 0.525. The van der Waals surface area contributed by atoms with Crippen LogP contribution >= 0.6 is 0 Å². The fourth-order valence-corrected chi connectivity index (χ4v) is 2.89. The second kappa shape index (κ2) is 6.80. The molecule has 138 valence electrons. The number of aliphatic hydroxyl groups is 1. The van der Waals surface area contributed by atoms with Crippen molar-refractivity contribution in [3.05, 3.63) is 71.9 Å². The third kappa shape index (κ3) is 3.43. The minimum atomic E-state index is -1.40. The average molecular weight is 370 g/mol. The van der Waals surface area contributed by atoms with Crippen molar-refractivity contribution in [2.45, 2.75) is 19.4 Å². The van der Waals surface area contributed by atoms with Crippen molar-refractivity contribution in [1.29, 1.82) is 0 Å². The summed E-state index contributed by atoms with van der Waals surface area (Å²) in [7, 11) is 0. The van der Waals surface area contributed by atoms with Crippen LogP contribution in [0.25, 0.3) is 22.0 Å². The molecule has 0 aliphatic carbocycles. The molecule has 1 unspecified atom stereocenters. The van der Waals surface area contributed by atoms with Crippen LogP contribution in [0, 0.1) is 18.8 Å². The molecule has 2 aromatic carbocycles. The number of benzene rings is 2. The van der Waals surface area contributed by atoms with Gasteiger partial charge in [0.2, 0.25) is 0 Å². The van der Waals surface area contributed by atoms with E-state index >= 15 is 0 Å². The van der Waals surface area contributed by atoms with Crippen molar-refractivity contribution < 1.29 is 9.63 Å². The molecule has 0 radical (unpaired) electrons. The Morgan fingerprint density at radius 3 is 2.68 bits per heavy atom. The molecule has 4 rings (SSSR count). The molecular formula is C22H18N4O2. The zero-order valence-corrected chi connectivity index (χ0v) is 15.5. The topological polar surface area (TPSA) is 98.1 Å². The van der Waals surface area contributed by atoms with E-state index in [9.17, 15) is 5.11 Å². The Morgan fingerprint density at radius 2 is 1.89 bits per heavy atom. The predicted molar refractivity (Wildman–Crippen MR) is 107 cm³/mol. The summed E-state index contributed by atoms with van der Waals surface area (Å²) < 4.78 is 5.03. The summed E-state index contributed by atoms with van der Waals surface area (Å²) >= 11 is 0. The highest BCUT2D eigenvalue weighted by Crippen LogP contribution is 2.26. The van der Waals surface area contributed by atoms with Gasteiger partial charge in [-0.25, -0.2) is 9.97 Å². The summed E-state index contributed by atoms with van der Waals surface area (Å²) in [4.78, 5) is 8.28. The molecule has 28 heavy (non-hydrogen) atoms. The van der Waals surface area contributed by atoms with Crippen molar-refractivity contribution >= 4 is 16.7 Å². The van der Waals surface area contributed by atoms with Gasteiger partial charge in [0.15, 0.2) is 5.60 Å². The van der Waals surface area contributed by atoms with Crippen molar-refractivity contribution in [2.24, 2.45) is 0 Å². The van der Waals surface area contributed by atoms with Crippen LogP contribution in [0.3, 0.4) is 0 Å². The Morgan fingerprint density at radius 1 is 1.07 bits per heavy atom. The molecule has 0 spiro atoms. The minimum Gasteiger partial charge on any atom is -0.383 e. The second-order valence-electron chi connectivity index (χ2n) is 6.72. The number of aromatic nitrogens is 3. The molecule has 0 amide bonds. The molecule has 6 heteroatoms. The van der Waals surface area contributed by atoms with Crippen LogP contribution in [-0.4, -0.2) is 20.2 Å². The third-order valence-corrected chi connectivity index (χ3v) is 4.44. The molecule has 0 aliphatic heterocycles. The zero-order chi connectivity index (χ0) is 19.7. The van der Waals surface area contributed by atoms with Gasteiger partial charge in [-0.2, -0.15) is 0 Å². The van der Waals surface area contributed by atoms with Crippen molar-refractivity contribution in [3.63, 3.8) is 0 Å². The first-order valence-corrected chi connectivity index (χ1v) is 8.72. The monoisotopic (exact) mass is 370 g/mol. The summed E-state index contributed by atoms with van der Waals surface area (Å²) in [5.41, 5.74) is 8.49. The van der Waals surface area contributed by atoms with E-state index in [1.165, 1.54) is 6.33 Å². The van der Waals surface area contributed by atoms with E-state index in [-0.39, 0.29) is 0 Å². The van der Waals surface area contributed by atoms with Gasteiger partial charge in [-0.1, -0.05) is 35.2 Å². The van der Waals surface area contributed by atoms with E-state index in [0.29, 0.717) is 17.3 Å². The van der Waals surface area contributed by atoms with Gasteiger partial charge in [0.05, 0.1) is 5.52 Å². The fourth-order valence-electron chi connectivity index (χ4n) is 2.89. The van der Waals surface area contributed by atoms with Gasteiger partial charge in [-0.3, -0.25) is 0 Å². The van der Waals surface area contributed by atoms with E-state index in [2.05, 4.69) is 27.0 Å². The maximum atomic E-state index is 10.6. The number of nitrogens with two attached hydrogens (primary N) is 1. The molecule has 0 saturated heterocycles. The first-order valence-electron chi connectivity index (χ1n) is 8.72. The highest BCUT2D eigenvalue weighted by molar-refractivity contribution is 5.91. The Labute approximate surface area is 162 Å². The molecule has 3 N–H and O–H groups in total. The molecule has 4 aromatic rings. The summed E-state index contributed by atoms with van der Waals surface area (Å²) in [5, 5.41) is 15.2. The van der Waals surface area contributed by atoms with E-state index in [0.717, 1.165) is 27.6 Å². The van der Waals surface area contributed by atoms with E-state index < -0.39 is 5.60 Å². The Hall–Kier alpha value is -3.69. The molecule has 0 fully saturated rings. The molecular weight excluding hydrogens is 352 g/mol. The summed E-state index contributed by atoms with van der Waals surface area (Å²) in [5.74, 6) is 6.96. The number of nitrogen functional groups attached to an aromatic ring is 1. The maximum Gasteiger partial charge on any atom is 0.168 e. The van der Waals surface area contributed by atoms with Gasteiger partial charge >= 0.3 is 0 Å². The number of nitrogens with zero attached hydrogens (tertiary/aromatic N) is 3. The van der Waals surface area contributed by atoms with Gasteiger partial charge in [0, 0.05) is 17.0 Å². The lowest BCUT2D eigenvalue weighted by atomic mass is 10.00. The smallest absolute Gasteiger partial charge is 0.168 e. The Bertz CT molecular complexity index is 1230. The number of hydrogen-bond acceptors (Lipinski definition) is 6. The van der Waals surface area contributed by atoms with E-state index in [1.807, 2.05) is 42.5 Å². The van der Waals surface area contributed by atoms with E-state index in [1.54, 1.807) is 19.9 Å². The predicted octanol–water partition coefficient (Wildman–Crippen LogP) is 3.43. The number of hydrogen-bond donors (Lipinski definition) is 2. The van der Waals surface area contributed by atoms with Crippen LogP contribution in [0.4, 0.5) is 5.82 Å². The number of fused-ring (bicyclic) bond motifs is 1. The van der Waals surface area contributed by atoms with Crippen LogP contribution in [0.15, 0.2) is 59.4 Å². The normalized spacial score (nSPS) is 13.0. The lowest BCUT2D eigenvalue weighted by Gasteiger charge is -2.11. The van der Waals surface area contributed by atoms with E-state index in [4.69, 9.17) is 10.3 Å². The first-order chi connectivity index (χ1) is 13.4. The number of rotatable bonds is 2. The molecule has 2 aromatic heterocycles. The van der Waals surface area contributed by atoms with Crippen LogP contribution in [0.1, 0.15) is 23.9 Å². The second-order valence-corrected chi connectivity index (χ2v) is 6.72. The summed E-state index contributed by atoms with van der Waals surface area (Å²) in [6, 6.07) is 15.3. The molecule has 0 saturated carbocycles. The largest absolute Gasteiger partial charge is 0.383 e. The van der Waals surface area contributed by atoms with Crippen LogP contribution in [0.2, 0.25) is 0 Å². The molecule has 6 nitrogen and oxygen atoms in total. The molecule has 0 bridgehead atoms. The van der Waals surface area contributed by atoms with Gasteiger partial charge in [-0.15, -0.1) is 0 Å². The molecule has 1 atom stereocenters. The standard InChI is InChI=1S/C22H18N4O2/c1-14-10-20(26-28-14)22(2,27)9-8-15-4-3-5-16(11-15)17-6-7-19-18(12-17)21(23)25-13-24-19/h3-7,10-13,27H,1-2H3,(H2,23,24,25).